The maximum Gasteiger partial charge on any atom is 0.306 e. The highest BCUT2D eigenvalue weighted by Gasteiger charge is 2.21. The summed E-state index contributed by atoms with van der Waals surface area (Å²) >= 11 is 1.66. The topological polar surface area (TPSA) is 45.7 Å². The molecule has 5 nitrogen and oxygen atoms in total. The Hall–Kier alpha value is -1.14. The maximum atomic E-state index is 11.4. The molecule has 0 aromatic carbocycles. The minimum absolute atomic E-state index is 0.144. The van der Waals surface area contributed by atoms with Crippen molar-refractivity contribution in [1.82, 2.24) is 9.88 Å². The van der Waals surface area contributed by atoms with Crippen molar-refractivity contribution in [3.63, 3.8) is 0 Å². The van der Waals surface area contributed by atoms with Gasteiger partial charge in [0.1, 0.15) is 0 Å². The highest BCUT2D eigenvalue weighted by atomic mass is 32.1. The van der Waals surface area contributed by atoms with Gasteiger partial charge < -0.3 is 14.5 Å². The summed E-state index contributed by atoms with van der Waals surface area (Å²) in [6, 6.07) is 0. The second-order valence-electron chi connectivity index (χ2n) is 5.72. The van der Waals surface area contributed by atoms with E-state index in [9.17, 15) is 4.79 Å². The van der Waals surface area contributed by atoms with Crippen LogP contribution >= 0.6 is 11.3 Å². The highest BCUT2D eigenvalue weighted by molar-refractivity contribution is 7.13. The summed E-state index contributed by atoms with van der Waals surface area (Å²) in [5.41, 5.74) is 0.985. The standard InChI is InChI=1S/C15H25N3O2S/c1-4-20-14(19)6-5-13-11-21-15(16-13)18(3)10-12-7-8-17(2)9-12/h11-12H,4-10H2,1-3H3. The predicted octanol–water partition coefficient (Wildman–Crippen LogP) is 2.03. The number of thiazole rings is 1. The van der Waals surface area contributed by atoms with Crippen molar-refractivity contribution < 1.29 is 9.53 Å². The van der Waals surface area contributed by atoms with Gasteiger partial charge in [0.05, 0.1) is 18.7 Å². The zero-order valence-corrected chi connectivity index (χ0v) is 14.0. The van der Waals surface area contributed by atoms with Crippen molar-refractivity contribution in [2.45, 2.75) is 26.2 Å². The molecular weight excluding hydrogens is 286 g/mol. The molecule has 0 N–H and O–H groups in total. The fourth-order valence-electron chi connectivity index (χ4n) is 2.69. The van der Waals surface area contributed by atoms with Gasteiger partial charge >= 0.3 is 5.97 Å². The van der Waals surface area contributed by atoms with E-state index < -0.39 is 0 Å². The molecule has 1 saturated heterocycles. The van der Waals surface area contributed by atoms with Gasteiger partial charge in [-0.2, -0.15) is 0 Å². The van der Waals surface area contributed by atoms with E-state index in [1.165, 1.54) is 19.5 Å². The van der Waals surface area contributed by atoms with Crippen LogP contribution in [0, 0.1) is 5.92 Å². The number of aryl methyl sites for hydroxylation is 1. The first-order chi connectivity index (χ1) is 10.1. The first-order valence-corrected chi connectivity index (χ1v) is 8.46. The first-order valence-electron chi connectivity index (χ1n) is 7.58. The molecule has 0 spiro atoms. The number of hydrogen-bond acceptors (Lipinski definition) is 6. The molecule has 0 aliphatic carbocycles. The van der Waals surface area contributed by atoms with Crippen LogP contribution in [0.3, 0.4) is 0 Å². The van der Waals surface area contributed by atoms with Gasteiger partial charge in [0.25, 0.3) is 0 Å². The molecule has 1 aliphatic heterocycles. The zero-order chi connectivity index (χ0) is 15.2. The van der Waals surface area contributed by atoms with Gasteiger partial charge in [-0.1, -0.05) is 0 Å². The summed E-state index contributed by atoms with van der Waals surface area (Å²) < 4.78 is 4.94. The smallest absolute Gasteiger partial charge is 0.306 e. The van der Waals surface area contributed by atoms with Gasteiger partial charge in [-0.3, -0.25) is 4.79 Å². The van der Waals surface area contributed by atoms with Crippen molar-refractivity contribution in [2.75, 3.05) is 45.2 Å². The summed E-state index contributed by atoms with van der Waals surface area (Å²) in [7, 11) is 4.28. The van der Waals surface area contributed by atoms with Crippen LogP contribution in [0.5, 0.6) is 0 Å². The Morgan fingerprint density at radius 3 is 3.10 bits per heavy atom. The van der Waals surface area contributed by atoms with E-state index >= 15 is 0 Å². The summed E-state index contributed by atoms with van der Waals surface area (Å²) in [5.74, 6) is 0.585. The number of esters is 1. The lowest BCUT2D eigenvalue weighted by Crippen LogP contribution is -2.27. The molecule has 1 aliphatic rings. The van der Waals surface area contributed by atoms with Crippen LogP contribution in [0.2, 0.25) is 0 Å². The van der Waals surface area contributed by atoms with Crippen molar-refractivity contribution in [3.8, 4) is 0 Å². The van der Waals surface area contributed by atoms with Crippen LogP contribution in [0.4, 0.5) is 5.13 Å². The lowest BCUT2D eigenvalue weighted by atomic mass is 10.1. The van der Waals surface area contributed by atoms with E-state index in [4.69, 9.17) is 4.74 Å². The average Bonchev–Trinajstić information content (AvgIpc) is 3.06. The van der Waals surface area contributed by atoms with Crippen molar-refractivity contribution in [2.24, 2.45) is 5.92 Å². The fraction of sp³-hybridized carbons (Fsp3) is 0.733. The van der Waals surface area contributed by atoms with Gasteiger partial charge in [0.2, 0.25) is 0 Å². The van der Waals surface area contributed by atoms with Gasteiger partial charge in [0.15, 0.2) is 5.13 Å². The van der Waals surface area contributed by atoms with E-state index in [0.717, 1.165) is 23.3 Å². The molecule has 1 unspecified atom stereocenters. The van der Waals surface area contributed by atoms with Gasteiger partial charge in [-0.05, 0) is 32.9 Å². The van der Waals surface area contributed by atoms with Crippen LogP contribution in [-0.4, -0.2) is 56.2 Å². The normalized spacial score (nSPS) is 18.9. The summed E-state index contributed by atoms with van der Waals surface area (Å²) in [6.45, 7) is 5.69. The number of ether oxygens (including phenoxy) is 1. The van der Waals surface area contributed by atoms with E-state index in [0.29, 0.717) is 19.4 Å². The fourth-order valence-corrected chi connectivity index (χ4v) is 3.53. The van der Waals surface area contributed by atoms with E-state index in [1.54, 1.807) is 11.3 Å². The Balaban J connectivity index is 1.80. The number of anilines is 1. The molecule has 1 fully saturated rings. The number of carbonyl (C=O) groups excluding carboxylic acids is 1. The Kier molecular flexibility index (Phi) is 5.99. The van der Waals surface area contributed by atoms with Crippen LogP contribution in [-0.2, 0) is 16.0 Å². The quantitative estimate of drug-likeness (QED) is 0.721. The van der Waals surface area contributed by atoms with Crippen LogP contribution in [0.25, 0.3) is 0 Å². The molecule has 0 radical (unpaired) electrons. The molecule has 1 aromatic rings. The van der Waals surface area contributed by atoms with Gasteiger partial charge in [0, 0.05) is 31.9 Å². The molecule has 1 aromatic heterocycles. The van der Waals surface area contributed by atoms with Crippen LogP contribution < -0.4 is 4.90 Å². The Bertz CT molecular complexity index is 464. The third-order valence-corrected chi connectivity index (χ3v) is 4.78. The van der Waals surface area contributed by atoms with Crippen LogP contribution in [0.15, 0.2) is 5.38 Å². The largest absolute Gasteiger partial charge is 0.466 e. The van der Waals surface area contributed by atoms with Crippen molar-refractivity contribution >= 4 is 22.4 Å². The number of hydrogen-bond donors (Lipinski definition) is 0. The highest BCUT2D eigenvalue weighted by Crippen LogP contribution is 2.23. The molecule has 0 bridgehead atoms. The first kappa shape index (κ1) is 16.2. The summed E-state index contributed by atoms with van der Waals surface area (Å²) in [5, 5.41) is 3.09. The Morgan fingerprint density at radius 2 is 2.43 bits per heavy atom. The number of likely N-dealkylation sites (tertiary alicyclic amines) is 1. The second-order valence-corrected chi connectivity index (χ2v) is 6.56. The summed E-state index contributed by atoms with van der Waals surface area (Å²) in [6.07, 6.45) is 2.34. The van der Waals surface area contributed by atoms with Gasteiger partial charge in [-0.25, -0.2) is 4.98 Å². The van der Waals surface area contributed by atoms with Crippen LogP contribution in [0.1, 0.15) is 25.5 Å². The molecular formula is C15H25N3O2S. The molecule has 21 heavy (non-hydrogen) atoms. The number of aromatic nitrogens is 1. The average molecular weight is 311 g/mol. The van der Waals surface area contributed by atoms with E-state index in [1.807, 2.05) is 12.3 Å². The molecule has 0 saturated carbocycles. The number of nitrogens with zero attached hydrogens (tertiary/aromatic N) is 3. The monoisotopic (exact) mass is 311 g/mol. The predicted molar refractivity (Wildman–Crippen MR) is 85.9 cm³/mol. The lowest BCUT2D eigenvalue weighted by Gasteiger charge is -2.20. The zero-order valence-electron chi connectivity index (χ0n) is 13.2. The van der Waals surface area contributed by atoms with Crippen molar-refractivity contribution in [3.05, 3.63) is 11.1 Å². The number of rotatable bonds is 7. The Morgan fingerprint density at radius 1 is 1.62 bits per heavy atom. The molecule has 2 rings (SSSR count). The minimum Gasteiger partial charge on any atom is -0.466 e. The SMILES string of the molecule is CCOC(=O)CCc1csc(N(C)CC2CCN(C)C2)n1. The summed E-state index contributed by atoms with van der Waals surface area (Å²) in [4.78, 5) is 20.6. The second kappa shape index (κ2) is 7.75. The van der Waals surface area contributed by atoms with E-state index in [-0.39, 0.29) is 5.97 Å². The molecule has 0 amide bonds. The third-order valence-electron chi connectivity index (χ3n) is 3.78. The molecule has 6 heteroatoms. The van der Waals surface area contributed by atoms with E-state index in [2.05, 4.69) is 28.9 Å². The molecule has 2 heterocycles. The number of carbonyl (C=O) groups is 1. The van der Waals surface area contributed by atoms with Gasteiger partial charge in [-0.15, -0.1) is 11.3 Å². The maximum absolute atomic E-state index is 11.4. The van der Waals surface area contributed by atoms with Crippen molar-refractivity contribution in [1.29, 1.82) is 0 Å². The molecule has 1 atom stereocenters. The minimum atomic E-state index is -0.144. The lowest BCUT2D eigenvalue weighted by molar-refractivity contribution is -0.143. The molecule has 118 valence electrons. The Labute approximate surface area is 130 Å². The third kappa shape index (κ3) is 4.97.